The number of amides is 3. The highest BCUT2D eigenvalue weighted by atomic mass is 16.5. The molecule has 0 saturated carbocycles. The number of urea groups is 1. The molecule has 2 heterocycles. The van der Waals surface area contributed by atoms with Gasteiger partial charge in [0.15, 0.2) is 0 Å². The molecule has 1 atom stereocenters. The minimum Gasteiger partial charge on any atom is -0.486 e. The van der Waals surface area contributed by atoms with Crippen molar-refractivity contribution in [3.63, 3.8) is 0 Å². The van der Waals surface area contributed by atoms with Crippen molar-refractivity contribution >= 4 is 17.6 Å². The van der Waals surface area contributed by atoms with Crippen molar-refractivity contribution in [1.82, 2.24) is 10.2 Å². The number of ether oxygens (including phenoxy) is 1. The summed E-state index contributed by atoms with van der Waals surface area (Å²) in [5.41, 5.74) is 0.834. The first-order chi connectivity index (χ1) is 11.6. The van der Waals surface area contributed by atoms with Gasteiger partial charge in [0.1, 0.15) is 11.9 Å². The molecule has 2 aliphatic rings. The fourth-order valence-corrected chi connectivity index (χ4v) is 3.40. The molecule has 1 aromatic rings. The van der Waals surface area contributed by atoms with Crippen LogP contribution in [0.5, 0.6) is 5.75 Å². The van der Waals surface area contributed by atoms with E-state index in [-0.39, 0.29) is 24.0 Å². The van der Waals surface area contributed by atoms with Crippen molar-refractivity contribution in [2.24, 2.45) is 5.92 Å². The van der Waals surface area contributed by atoms with Gasteiger partial charge in [0.25, 0.3) is 0 Å². The van der Waals surface area contributed by atoms with E-state index in [4.69, 9.17) is 4.74 Å². The molecule has 1 aromatic carbocycles. The Bertz CT molecular complexity index is 611. The lowest BCUT2D eigenvalue weighted by Crippen LogP contribution is -2.52. The Balaban J connectivity index is 1.72. The molecule has 24 heavy (non-hydrogen) atoms. The van der Waals surface area contributed by atoms with Crippen LogP contribution in [0.25, 0.3) is 0 Å². The zero-order valence-electron chi connectivity index (χ0n) is 14.3. The molecule has 3 amide bonds. The normalized spacial score (nSPS) is 21.0. The fraction of sp³-hybridized carbons (Fsp3) is 0.556. The molecule has 6 nitrogen and oxygen atoms in total. The van der Waals surface area contributed by atoms with Crippen molar-refractivity contribution < 1.29 is 14.3 Å². The Morgan fingerprint density at radius 2 is 1.96 bits per heavy atom. The van der Waals surface area contributed by atoms with Crippen LogP contribution >= 0.6 is 0 Å². The first kappa shape index (κ1) is 16.6. The molecule has 1 N–H and O–H groups in total. The number of rotatable bonds is 2. The number of anilines is 1. The Kier molecular flexibility index (Phi) is 4.92. The van der Waals surface area contributed by atoms with Crippen LogP contribution < -0.4 is 15.0 Å². The number of nitrogens with one attached hydrogen (secondary N) is 1. The minimum atomic E-state index is 0.0133. The summed E-state index contributed by atoms with van der Waals surface area (Å²) in [6, 6.07) is 7.70. The van der Waals surface area contributed by atoms with Gasteiger partial charge in [0.2, 0.25) is 5.91 Å². The summed E-state index contributed by atoms with van der Waals surface area (Å²) in [7, 11) is 1.66. The number of hydrogen-bond acceptors (Lipinski definition) is 3. The van der Waals surface area contributed by atoms with Crippen molar-refractivity contribution in [3.8, 4) is 5.75 Å². The largest absolute Gasteiger partial charge is 0.486 e. The van der Waals surface area contributed by atoms with E-state index in [1.54, 1.807) is 7.05 Å². The van der Waals surface area contributed by atoms with Crippen LogP contribution in [0, 0.1) is 5.92 Å². The van der Waals surface area contributed by atoms with Gasteiger partial charge in [-0.2, -0.15) is 0 Å². The lowest BCUT2D eigenvalue weighted by atomic mass is 9.96. The first-order valence-corrected chi connectivity index (χ1v) is 8.67. The Morgan fingerprint density at radius 1 is 1.25 bits per heavy atom. The van der Waals surface area contributed by atoms with Gasteiger partial charge >= 0.3 is 6.03 Å². The number of carbonyl (C=O) groups is 2. The van der Waals surface area contributed by atoms with Gasteiger partial charge in [-0.15, -0.1) is 0 Å². The van der Waals surface area contributed by atoms with E-state index >= 15 is 0 Å². The minimum absolute atomic E-state index is 0.0133. The highest BCUT2D eigenvalue weighted by molar-refractivity contribution is 5.94. The van der Waals surface area contributed by atoms with Gasteiger partial charge in [0, 0.05) is 26.1 Å². The molecule has 1 unspecified atom stereocenters. The molecule has 0 radical (unpaired) electrons. The summed E-state index contributed by atoms with van der Waals surface area (Å²) in [6.07, 6.45) is 2.31. The third-order valence-corrected chi connectivity index (χ3v) is 4.90. The average Bonchev–Trinajstić information content (AvgIpc) is 2.66. The number of fused-ring (bicyclic) bond motifs is 1. The summed E-state index contributed by atoms with van der Waals surface area (Å²) < 4.78 is 5.95. The quantitative estimate of drug-likeness (QED) is 0.904. The van der Waals surface area contributed by atoms with Crippen molar-refractivity contribution in [2.45, 2.75) is 32.3 Å². The highest BCUT2D eigenvalue weighted by Gasteiger charge is 2.34. The lowest BCUT2D eigenvalue weighted by molar-refractivity contribution is -0.125. The smallest absolute Gasteiger partial charge is 0.324 e. The number of piperidine rings is 1. The Labute approximate surface area is 142 Å². The number of benzene rings is 1. The topological polar surface area (TPSA) is 61.9 Å². The van der Waals surface area contributed by atoms with Gasteiger partial charge in [0.05, 0.1) is 12.2 Å². The zero-order valence-corrected chi connectivity index (χ0v) is 14.3. The van der Waals surface area contributed by atoms with E-state index in [2.05, 4.69) is 12.2 Å². The summed E-state index contributed by atoms with van der Waals surface area (Å²) in [5.74, 6) is 0.855. The molecule has 0 spiro atoms. The van der Waals surface area contributed by atoms with Gasteiger partial charge in [-0.05, 0) is 31.4 Å². The third kappa shape index (κ3) is 3.18. The van der Waals surface area contributed by atoms with Crippen molar-refractivity contribution in [2.75, 3.05) is 31.6 Å². The maximum atomic E-state index is 13.0. The van der Waals surface area contributed by atoms with Gasteiger partial charge in [-0.1, -0.05) is 19.1 Å². The fourth-order valence-electron chi connectivity index (χ4n) is 3.40. The molecule has 1 saturated heterocycles. The number of carbonyl (C=O) groups excluding carboxylic acids is 2. The molecule has 130 valence electrons. The van der Waals surface area contributed by atoms with E-state index in [0.29, 0.717) is 32.5 Å². The second kappa shape index (κ2) is 7.11. The Morgan fingerprint density at radius 3 is 2.62 bits per heavy atom. The predicted octanol–water partition coefficient (Wildman–Crippen LogP) is 2.24. The molecule has 3 rings (SSSR count). The van der Waals surface area contributed by atoms with Crippen molar-refractivity contribution in [1.29, 1.82) is 0 Å². The molecule has 0 bridgehead atoms. The van der Waals surface area contributed by atoms with E-state index in [0.717, 1.165) is 17.9 Å². The summed E-state index contributed by atoms with van der Waals surface area (Å²) >= 11 is 0. The van der Waals surface area contributed by atoms with Crippen LogP contribution in [0.15, 0.2) is 24.3 Å². The summed E-state index contributed by atoms with van der Waals surface area (Å²) in [6.45, 7) is 3.87. The number of nitrogens with zero attached hydrogens (tertiary/aromatic N) is 2. The van der Waals surface area contributed by atoms with Gasteiger partial charge < -0.3 is 15.0 Å². The maximum Gasteiger partial charge on any atom is 0.324 e. The van der Waals surface area contributed by atoms with Crippen LogP contribution in [-0.2, 0) is 4.79 Å². The van der Waals surface area contributed by atoms with Crippen LogP contribution in [-0.4, -0.2) is 49.6 Å². The van der Waals surface area contributed by atoms with Crippen LogP contribution in [0.3, 0.4) is 0 Å². The third-order valence-electron chi connectivity index (χ3n) is 4.90. The standard InChI is InChI=1S/C18H25N3O3/c1-3-14-12-21(15-6-4-5-7-16(15)24-14)18(23)20-10-8-13(9-11-20)17(22)19-2/h4-7,13-14H,3,8-12H2,1-2H3,(H,19,22). The predicted molar refractivity (Wildman–Crippen MR) is 92.3 cm³/mol. The van der Waals surface area contributed by atoms with Crippen LogP contribution in [0.1, 0.15) is 26.2 Å². The van der Waals surface area contributed by atoms with E-state index in [1.807, 2.05) is 34.1 Å². The molecular formula is C18H25N3O3. The molecule has 6 heteroatoms. The SMILES string of the molecule is CCC1CN(C(=O)N2CCC(C(=O)NC)CC2)c2ccccc2O1. The van der Waals surface area contributed by atoms with E-state index in [1.165, 1.54) is 0 Å². The van der Waals surface area contributed by atoms with Gasteiger partial charge in [-0.25, -0.2) is 4.79 Å². The molecular weight excluding hydrogens is 306 g/mol. The molecule has 2 aliphatic heterocycles. The van der Waals surface area contributed by atoms with Gasteiger partial charge in [-0.3, -0.25) is 9.69 Å². The van der Waals surface area contributed by atoms with Crippen LogP contribution in [0.4, 0.5) is 10.5 Å². The zero-order chi connectivity index (χ0) is 17.1. The average molecular weight is 331 g/mol. The van der Waals surface area contributed by atoms with E-state index < -0.39 is 0 Å². The molecule has 0 aromatic heterocycles. The number of likely N-dealkylation sites (tertiary alicyclic amines) is 1. The summed E-state index contributed by atoms with van der Waals surface area (Å²) in [5, 5.41) is 2.70. The highest BCUT2D eigenvalue weighted by Crippen LogP contribution is 2.34. The Hall–Kier alpha value is -2.24. The molecule has 0 aliphatic carbocycles. The second-order valence-electron chi connectivity index (χ2n) is 6.38. The number of para-hydroxylation sites is 2. The van der Waals surface area contributed by atoms with Crippen molar-refractivity contribution in [3.05, 3.63) is 24.3 Å². The lowest BCUT2D eigenvalue weighted by Gasteiger charge is -2.39. The van der Waals surface area contributed by atoms with E-state index in [9.17, 15) is 9.59 Å². The second-order valence-corrected chi connectivity index (χ2v) is 6.38. The first-order valence-electron chi connectivity index (χ1n) is 8.67. The monoisotopic (exact) mass is 331 g/mol. The maximum absolute atomic E-state index is 13.0. The number of hydrogen-bond donors (Lipinski definition) is 1. The summed E-state index contributed by atoms with van der Waals surface area (Å²) in [4.78, 5) is 28.5. The molecule has 1 fully saturated rings. The van der Waals surface area contributed by atoms with Crippen LogP contribution in [0.2, 0.25) is 0 Å².